The molecule has 6 rings (SSSR count). The van der Waals surface area contributed by atoms with Crippen LogP contribution in [0.5, 0.6) is 5.75 Å². The number of hydrogen-bond acceptors (Lipinski definition) is 4. The van der Waals surface area contributed by atoms with Crippen LogP contribution >= 0.6 is 0 Å². The molecule has 0 bridgehead atoms. The summed E-state index contributed by atoms with van der Waals surface area (Å²) in [7, 11) is 1.74. The van der Waals surface area contributed by atoms with Gasteiger partial charge in [0.15, 0.2) is 0 Å². The second kappa shape index (κ2) is 9.75. The molecule has 2 fully saturated rings. The number of methoxy groups -OCH3 is 1. The molecule has 3 aromatic rings. The third-order valence-corrected chi connectivity index (χ3v) is 7.94. The fraction of sp³-hybridized carbons (Fsp3) is 0.483. The first kappa shape index (κ1) is 22.7. The van der Waals surface area contributed by atoms with Gasteiger partial charge in [-0.05, 0) is 84.6 Å². The lowest BCUT2D eigenvalue weighted by Crippen LogP contribution is -2.46. The van der Waals surface area contributed by atoms with Gasteiger partial charge in [-0.25, -0.2) is 4.98 Å². The quantitative estimate of drug-likeness (QED) is 0.484. The molecule has 184 valence electrons. The number of imidazole rings is 1. The number of alkyl halides is 1. The highest BCUT2D eigenvalue weighted by Gasteiger charge is 2.28. The molecule has 35 heavy (non-hydrogen) atoms. The van der Waals surface area contributed by atoms with Gasteiger partial charge in [-0.2, -0.15) is 0 Å². The molecule has 0 amide bonds. The molecule has 0 unspecified atom stereocenters. The molecule has 5 nitrogen and oxygen atoms in total. The monoisotopic (exact) mass is 475 g/mol. The summed E-state index contributed by atoms with van der Waals surface area (Å²) in [5, 5.41) is 0. The lowest BCUT2D eigenvalue weighted by Gasteiger charge is -2.37. The SMILES string of the molecule is COc1ccc2c(c1)CCCC(C1CCOCC1)=C2c1ccn2cc(CN3CC(CF)C3)nc2c1. The van der Waals surface area contributed by atoms with Crippen LogP contribution in [-0.2, 0) is 17.7 Å². The molecular weight excluding hydrogens is 441 g/mol. The third-order valence-electron chi connectivity index (χ3n) is 7.94. The standard InChI is InChI=1S/C29H34FN3O2/c1-34-25-5-6-27-22(13-25)3-2-4-26(21-8-11-35-12-9-21)29(27)23-7-10-33-19-24(31-28(33)14-23)18-32-16-20(15-30)17-32/h5-7,10,13-14,19-21H,2-4,8-9,11-12,15-18H2,1H3. The van der Waals surface area contributed by atoms with Crippen LogP contribution in [0, 0.1) is 11.8 Å². The van der Waals surface area contributed by atoms with Crippen molar-refractivity contribution in [1.82, 2.24) is 14.3 Å². The number of pyridine rings is 1. The number of aryl methyl sites for hydroxylation is 1. The van der Waals surface area contributed by atoms with Crippen LogP contribution in [0.4, 0.5) is 4.39 Å². The van der Waals surface area contributed by atoms with E-state index in [1.165, 1.54) is 22.3 Å². The Kier molecular flexibility index (Phi) is 6.33. The Bertz CT molecular complexity index is 1240. The number of benzene rings is 1. The number of rotatable bonds is 6. The lowest BCUT2D eigenvalue weighted by molar-refractivity contribution is 0.0727. The highest BCUT2D eigenvalue weighted by molar-refractivity contribution is 5.85. The van der Waals surface area contributed by atoms with E-state index in [2.05, 4.69) is 52.0 Å². The summed E-state index contributed by atoms with van der Waals surface area (Å²) >= 11 is 0. The molecule has 6 heteroatoms. The van der Waals surface area contributed by atoms with Gasteiger partial charge in [0.1, 0.15) is 11.4 Å². The number of halogens is 1. The van der Waals surface area contributed by atoms with E-state index < -0.39 is 0 Å². The zero-order valence-electron chi connectivity index (χ0n) is 20.5. The first-order valence-corrected chi connectivity index (χ1v) is 13.0. The highest BCUT2D eigenvalue weighted by atomic mass is 19.1. The van der Waals surface area contributed by atoms with Gasteiger partial charge in [-0.1, -0.05) is 11.6 Å². The van der Waals surface area contributed by atoms with Crippen molar-refractivity contribution in [3.8, 4) is 5.75 Å². The molecule has 0 N–H and O–H groups in total. The van der Waals surface area contributed by atoms with Crippen molar-refractivity contribution < 1.29 is 13.9 Å². The Morgan fingerprint density at radius 2 is 1.97 bits per heavy atom. The largest absolute Gasteiger partial charge is 0.497 e. The van der Waals surface area contributed by atoms with E-state index in [9.17, 15) is 4.39 Å². The van der Waals surface area contributed by atoms with Crippen molar-refractivity contribution in [3.63, 3.8) is 0 Å². The van der Waals surface area contributed by atoms with Gasteiger partial charge in [0, 0.05) is 51.2 Å². The molecule has 4 heterocycles. The molecular formula is C29H34FN3O2. The summed E-state index contributed by atoms with van der Waals surface area (Å²) in [5.41, 5.74) is 8.91. The number of allylic oxidation sites excluding steroid dienone is 1. The number of nitrogens with zero attached hydrogens (tertiary/aromatic N) is 3. The van der Waals surface area contributed by atoms with E-state index >= 15 is 0 Å². The maximum absolute atomic E-state index is 12.8. The average Bonchev–Trinajstić information content (AvgIpc) is 3.17. The molecule has 0 atom stereocenters. The van der Waals surface area contributed by atoms with E-state index in [1.807, 2.05) is 0 Å². The molecule has 2 aromatic heterocycles. The normalized spacial score (nSPS) is 20.1. The van der Waals surface area contributed by atoms with Crippen LogP contribution in [0.25, 0.3) is 11.2 Å². The number of aromatic nitrogens is 2. The van der Waals surface area contributed by atoms with Crippen LogP contribution in [0.2, 0.25) is 0 Å². The Hall–Kier alpha value is -2.70. The van der Waals surface area contributed by atoms with Crippen molar-refractivity contribution in [1.29, 1.82) is 0 Å². The van der Waals surface area contributed by atoms with Crippen molar-refractivity contribution >= 4 is 11.2 Å². The smallest absolute Gasteiger partial charge is 0.137 e. The minimum absolute atomic E-state index is 0.197. The van der Waals surface area contributed by atoms with Crippen LogP contribution < -0.4 is 4.74 Å². The van der Waals surface area contributed by atoms with Gasteiger partial charge < -0.3 is 13.9 Å². The zero-order valence-corrected chi connectivity index (χ0v) is 20.5. The van der Waals surface area contributed by atoms with Crippen LogP contribution in [0.15, 0.2) is 48.3 Å². The molecule has 2 saturated heterocycles. The summed E-state index contributed by atoms with van der Waals surface area (Å²) in [6.45, 7) is 3.92. The fourth-order valence-electron chi connectivity index (χ4n) is 6.11. The number of likely N-dealkylation sites (tertiary alicyclic amines) is 1. The van der Waals surface area contributed by atoms with E-state index in [0.717, 1.165) is 82.0 Å². The first-order chi connectivity index (χ1) is 17.2. The molecule has 0 saturated carbocycles. The second-order valence-corrected chi connectivity index (χ2v) is 10.3. The Balaban J connectivity index is 1.40. The van der Waals surface area contributed by atoms with E-state index in [-0.39, 0.29) is 12.6 Å². The first-order valence-electron chi connectivity index (χ1n) is 13.0. The average molecular weight is 476 g/mol. The maximum Gasteiger partial charge on any atom is 0.137 e. The zero-order chi connectivity index (χ0) is 23.8. The molecule has 1 aliphatic carbocycles. The topological polar surface area (TPSA) is 39.0 Å². The fourth-order valence-corrected chi connectivity index (χ4v) is 6.11. The summed E-state index contributed by atoms with van der Waals surface area (Å²) < 4.78 is 26.2. The number of fused-ring (bicyclic) bond motifs is 2. The highest BCUT2D eigenvalue weighted by Crippen LogP contribution is 2.42. The Labute approximate surface area is 206 Å². The summed E-state index contributed by atoms with van der Waals surface area (Å²) in [6, 6.07) is 11.1. The number of ether oxygens (including phenoxy) is 2. The molecule has 0 radical (unpaired) electrons. The van der Waals surface area contributed by atoms with Gasteiger partial charge in [0.2, 0.25) is 0 Å². The molecule has 0 spiro atoms. The minimum Gasteiger partial charge on any atom is -0.497 e. The Morgan fingerprint density at radius 3 is 2.77 bits per heavy atom. The maximum atomic E-state index is 12.8. The van der Waals surface area contributed by atoms with E-state index in [4.69, 9.17) is 14.5 Å². The molecule has 1 aromatic carbocycles. The lowest BCUT2D eigenvalue weighted by atomic mass is 9.82. The minimum atomic E-state index is -0.219. The van der Waals surface area contributed by atoms with E-state index in [0.29, 0.717) is 5.92 Å². The predicted molar refractivity (Wildman–Crippen MR) is 135 cm³/mol. The molecule has 3 aliphatic rings. The predicted octanol–water partition coefficient (Wildman–Crippen LogP) is 5.31. The van der Waals surface area contributed by atoms with Gasteiger partial charge in [-0.3, -0.25) is 9.29 Å². The van der Waals surface area contributed by atoms with Crippen molar-refractivity contribution in [3.05, 3.63) is 70.7 Å². The Morgan fingerprint density at radius 1 is 1.11 bits per heavy atom. The van der Waals surface area contributed by atoms with Gasteiger partial charge >= 0.3 is 0 Å². The van der Waals surface area contributed by atoms with Crippen molar-refractivity contribution in [2.24, 2.45) is 11.8 Å². The van der Waals surface area contributed by atoms with Gasteiger partial charge in [0.25, 0.3) is 0 Å². The van der Waals surface area contributed by atoms with Gasteiger partial charge in [-0.15, -0.1) is 0 Å². The van der Waals surface area contributed by atoms with Crippen LogP contribution in [0.3, 0.4) is 0 Å². The summed E-state index contributed by atoms with van der Waals surface area (Å²) in [6.07, 6.45) is 9.78. The van der Waals surface area contributed by atoms with Crippen LogP contribution in [0.1, 0.15) is 48.1 Å². The second-order valence-electron chi connectivity index (χ2n) is 10.3. The van der Waals surface area contributed by atoms with E-state index in [1.54, 1.807) is 12.7 Å². The summed E-state index contributed by atoms with van der Waals surface area (Å²) in [5.74, 6) is 1.68. The van der Waals surface area contributed by atoms with Crippen molar-refractivity contribution in [2.75, 3.05) is 40.1 Å². The third kappa shape index (κ3) is 4.50. The van der Waals surface area contributed by atoms with Crippen molar-refractivity contribution in [2.45, 2.75) is 38.6 Å². The number of hydrogen-bond donors (Lipinski definition) is 0. The van der Waals surface area contributed by atoms with Gasteiger partial charge in [0.05, 0.1) is 19.5 Å². The molecule has 2 aliphatic heterocycles. The van der Waals surface area contributed by atoms with Crippen LogP contribution in [-0.4, -0.2) is 54.4 Å². The summed E-state index contributed by atoms with van der Waals surface area (Å²) in [4.78, 5) is 7.22.